The minimum atomic E-state index is -0.642. The molecule has 0 aliphatic heterocycles. The van der Waals surface area contributed by atoms with E-state index in [2.05, 4.69) is 9.97 Å². The molecule has 5 heteroatoms. The highest BCUT2D eigenvalue weighted by molar-refractivity contribution is 5.68. The van der Waals surface area contributed by atoms with Crippen LogP contribution in [0.1, 0.15) is 26.5 Å². The predicted molar refractivity (Wildman–Crippen MR) is 49.0 cm³/mol. The lowest BCUT2D eigenvalue weighted by Gasteiger charge is -2.15. The van der Waals surface area contributed by atoms with E-state index in [4.69, 9.17) is 8.83 Å². The van der Waals surface area contributed by atoms with Gasteiger partial charge in [-0.3, -0.25) is 0 Å². The first-order chi connectivity index (χ1) is 6.48. The molecule has 0 bridgehead atoms. The van der Waals surface area contributed by atoms with Crippen LogP contribution in [0.5, 0.6) is 0 Å². The van der Waals surface area contributed by atoms with Gasteiger partial charge in [0, 0.05) is 5.41 Å². The van der Waals surface area contributed by atoms with Gasteiger partial charge in [-0.15, -0.1) is 0 Å². The van der Waals surface area contributed by atoms with Gasteiger partial charge in [-0.05, 0) is 0 Å². The van der Waals surface area contributed by atoms with Gasteiger partial charge in [-0.2, -0.15) is 9.97 Å². The van der Waals surface area contributed by atoms with Crippen LogP contribution >= 0.6 is 0 Å². The van der Waals surface area contributed by atoms with Crippen LogP contribution in [0.3, 0.4) is 0 Å². The maximum Gasteiger partial charge on any atom is 0.440 e. The van der Waals surface area contributed by atoms with E-state index in [-0.39, 0.29) is 11.1 Å². The summed E-state index contributed by atoms with van der Waals surface area (Å²) in [7, 11) is 0. The van der Waals surface area contributed by atoms with Crippen molar-refractivity contribution in [3.63, 3.8) is 0 Å². The Morgan fingerprint density at radius 2 is 2.07 bits per heavy atom. The van der Waals surface area contributed by atoms with E-state index >= 15 is 0 Å². The predicted octanol–water partition coefficient (Wildman–Crippen LogP) is 1.47. The largest absolute Gasteiger partial charge is 0.440 e. The Labute approximate surface area is 79.8 Å². The monoisotopic (exact) mass is 194 g/mol. The maximum atomic E-state index is 11.1. The zero-order valence-corrected chi connectivity index (χ0v) is 8.20. The minimum absolute atomic E-state index is 0.204. The molecule has 0 aliphatic rings. The summed E-state index contributed by atoms with van der Waals surface area (Å²) in [5.74, 6) is -0.642. The molecule has 0 aliphatic carbocycles. The molecule has 74 valence electrons. The molecule has 2 aromatic rings. The lowest BCUT2D eigenvalue weighted by atomic mass is 9.92. The second-order valence-electron chi connectivity index (χ2n) is 4.07. The van der Waals surface area contributed by atoms with E-state index in [1.54, 1.807) is 0 Å². The Morgan fingerprint density at radius 1 is 1.36 bits per heavy atom. The van der Waals surface area contributed by atoms with E-state index in [0.717, 1.165) is 0 Å². The molecule has 0 atom stereocenters. The van der Waals surface area contributed by atoms with Gasteiger partial charge < -0.3 is 8.83 Å². The van der Waals surface area contributed by atoms with Crippen LogP contribution in [-0.2, 0) is 5.41 Å². The van der Waals surface area contributed by atoms with E-state index in [9.17, 15) is 4.79 Å². The highest BCUT2D eigenvalue weighted by Gasteiger charge is 2.23. The van der Waals surface area contributed by atoms with E-state index in [1.165, 1.54) is 6.39 Å². The third-order valence-electron chi connectivity index (χ3n) is 1.85. The first kappa shape index (κ1) is 8.93. The van der Waals surface area contributed by atoms with Gasteiger partial charge in [0.25, 0.3) is 5.71 Å². The average Bonchev–Trinajstić information content (AvgIpc) is 2.47. The number of aromatic nitrogens is 2. The van der Waals surface area contributed by atoms with Crippen molar-refractivity contribution in [1.82, 2.24) is 9.97 Å². The topological polar surface area (TPSA) is 69.1 Å². The molecule has 0 saturated heterocycles. The second-order valence-corrected chi connectivity index (χ2v) is 4.07. The van der Waals surface area contributed by atoms with Crippen molar-refractivity contribution in [2.45, 2.75) is 26.2 Å². The first-order valence-electron chi connectivity index (χ1n) is 4.23. The molecule has 14 heavy (non-hydrogen) atoms. The maximum absolute atomic E-state index is 11.1. The van der Waals surface area contributed by atoms with Crippen molar-refractivity contribution in [2.75, 3.05) is 0 Å². The molecule has 0 radical (unpaired) electrons. The zero-order chi connectivity index (χ0) is 10.3. The van der Waals surface area contributed by atoms with Gasteiger partial charge in [0.05, 0.1) is 0 Å². The summed E-state index contributed by atoms with van der Waals surface area (Å²) in [6.45, 7) is 5.82. The molecule has 0 fully saturated rings. The fourth-order valence-corrected chi connectivity index (χ4v) is 1.22. The molecule has 0 aromatic carbocycles. The van der Waals surface area contributed by atoms with Gasteiger partial charge in [0.15, 0.2) is 6.39 Å². The molecular weight excluding hydrogens is 184 g/mol. The summed E-state index contributed by atoms with van der Waals surface area (Å²) in [6.07, 6.45) is 1.24. The molecular formula is C9H10N2O3. The van der Waals surface area contributed by atoms with Crippen LogP contribution in [0.2, 0.25) is 0 Å². The molecule has 0 spiro atoms. The summed E-state index contributed by atoms with van der Waals surface area (Å²) >= 11 is 0. The molecule has 5 nitrogen and oxygen atoms in total. The third kappa shape index (κ3) is 1.30. The van der Waals surface area contributed by atoms with Crippen molar-refractivity contribution in [3.8, 4) is 0 Å². The van der Waals surface area contributed by atoms with Crippen LogP contribution in [0.4, 0.5) is 0 Å². The Balaban J connectivity index is 2.87. The molecule has 2 heterocycles. The summed E-state index contributed by atoms with van der Waals surface area (Å²) in [4.78, 5) is 18.7. The van der Waals surface area contributed by atoms with Gasteiger partial charge in [-0.1, -0.05) is 20.8 Å². The number of rotatable bonds is 0. The number of hydrogen-bond acceptors (Lipinski definition) is 5. The van der Waals surface area contributed by atoms with Crippen molar-refractivity contribution in [2.24, 2.45) is 0 Å². The number of oxazole rings is 1. The van der Waals surface area contributed by atoms with Gasteiger partial charge in [-0.25, -0.2) is 4.79 Å². The molecule has 2 rings (SSSR count). The number of fused-ring (bicyclic) bond motifs is 1. The Kier molecular flexibility index (Phi) is 1.70. The standard InChI is InChI=1S/C9H10N2O3/c1-9(2,3)6-5-7(10-4-13-5)14-8(12)11-6/h4H,1-3H3. The Morgan fingerprint density at radius 3 is 2.71 bits per heavy atom. The molecule has 2 aromatic heterocycles. The quantitative estimate of drug-likeness (QED) is 0.635. The van der Waals surface area contributed by atoms with Crippen molar-refractivity contribution in [3.05, 3.63) is 22.6 Å². The minimum Gasteiger partial charge on any atom is -0.438 e. The summed E-state index contributed by atoms with van der Waals surface area (Å²) in [5, 5.41) is 0. The number of nitrogens with zero attached hydrogens (tertiary/aromatic N) is 2. The average molecular weight is 194 g/mol. The van der Waals surface area contributed by atoms with Crippen molar-refractivity contribution < 1.29 is 8.83 Å². The van der Waals surface area contributed by atoms with Crippen LogP contribution < -0.4 is 5.76 Å². The van der Waals surface area contributed by atoms with E-state index in [1.807, 2.05) is 20.8 Å². The first-order valence-corrected chi connectivity index (χ1v) is 4.23. The Hall–Kier alpha value is -1.65. The lowest BCUT2D eigenvalue weighted by Crippen LogP contribution is -2.19. The van der Waals surface area contributed by atoms with E-state index in [0.29, 0.717) is 11.3 Å². The molecule has 0 saturated carbocycles. The second kappa shape index (κ2) is 2.67. The SMILES string of the molecule is CC(C)(C)c1nc(=O)oc2ncoc12. The zero-order valence-electron chi connectivity index (χ0n) is 8.20. The lowest BCUT2D eigenvalue weighted by molar-refractivity contribution is 0.479. The van der Waals surface area contributed by atoms with E-state index < -0.39 is 5.76 Å². The van der Waals surface area contributed by atoms with Crippen LogP contribution in [0.25, 0.3) is 11.3 Å². The smallest absolute Gasteiger partial charge is 0.438 e. The Bertz CT molecular complexity index is 519. The summed E-state index contributed by atoms with van der Waals surface area (Å²) in [5.41, 5.74) is 0.946. The number of hydrogen-bond donors (Lipinski definition) is 0. The third-order valence-corrected chi connectivity index (χ3v) is 1.85. The van der Waals surface area contributed by atoms with Gasteiger partial charge >= 0.3 is 5.76 Å². The summed E-state index contributed by atoms with van der Waals surface area (Å²) < 4.78 is 9.89. The summed E-state index contributed by atoms with van der Waals surface area (Å²) in [6, 6.07) is 0. The fourth-order valence-electron chi connectivity index (χ4n) is 1.22. The molecule has 0 unspecified atom stereocenters. The van der Waals surface area contributed by atoms with Crippen LogP contribution in [0, 0.1) is 0 Å². The van der Waals surface area contributed by atoms with Crippen LogP contribution in [-0.4, -0.2) is 9.97 Å². The van der Waals surface area contributed by atoms with Gasteiger partial charge in [0.1, 0.15) is 5.69 Å². The molecule has 0 N–H and O–H groups in total. The van der Waals surface area contributed by atoms with Crippen molar-refractivity contribution >= 4 is 11.3 Å². The van der Waals surface area contributed by atoms with Crippen molar-refractivity contribution in [1.29, 1.82) is 0 Å². The highest BCUT2D eigenvalue weighted by atomic mass is 16.4. The molecule has 0 amide bonds. The highest BCUT2D eigenvalue weighted by Crippen LogP contribution is 2.25. The fraction of sp³-hybridized carbons (Fsp3) is 0.444. The van der Waals surface area contributed by atoms with Gasteiger partial charge in [0.2, 0.25) is 5.58 Å². The normalized spacial score (nSPS) is 12.2. The van der Waals surface area contributed by atoms with Crippen LogP contribution in [0.15, 0.2) is 20.0 Å².